The van der Waals surface area contributed by atoms with Crippen LogP contribution in [0.4, 0.5) is 27.4 Å². The highest BCUT2D eigenvalue weighted by Crippen LogP contribution is 2.33. The van der Waals surface area contributed by atoms with Crippen molar-refractivity contribution in [2.75, 3.05) is 29.7 Å². The first-order valence-electron chi connectivity index (χ1n) is 6.72. The molecule has 0 saturated carbocycles. The molecule has 1 amide bonds. The number of anilines is 4. The van der Waals surface area contributed by atoms with Gasteiger partial charge in [-0.3, -0.25) is 4.79 Å². The van der Waals surface area contributed by atoms with Crippen LogP contribution in [0.15, 0.2) is 29.0 Å². The van der Waals surface area contributed by atoms with Gasteiger partial charge in [-0.05, 0) is 18.2 Å². The quantitative estimate of drug-likeness (QED) is 0.753. The van der Waals surface area contributed by atoms with Gasteiger partial charge in [-0.2, -0.15) is 0 Å². The zero-order valence-corrected chi connectivity index (χ0v) is 13.6. The number of ether oxygens (including phenoxy) is 1. The summed E-state index contributed by atoms with van der Waals surface area (Å²) in [5, 5.41) is 8.54. The lowest BCUT2D eigenvalue weighted by atomic mass is 10.2. The number of amides is 1. The summed E-state index contributed by atoms with van der Waals surface area (Å²) in [5.41, 5.74) is 0.606. The lowest BCUT2D eigenvalue weighted by molar-refractivity contribution is -0.118. The molecule has 1 aliphatic rings. The summed E-state index contributed by atoms with van der Waals surface area (Å²) in [4.78, 5) is 20.2. The molecule has 1 aliphatic heterocycles. The van der Waals surface area contributed by atoms with Crippen LogP contribution in [-0.4, -0.2) is 35.6 Å². The molecular formula is C14H13BrFN5O2. The molecule has 0 spiro atoms. The Kier molecular flexibility index (Phi) is 4.39. The number of carbonyl (C=O) groups excluding carboxylic acids is 1. The Labute approximate surface area is 139 Å². The van der Waals surface area contributed by atoms with Crippen molar-refractivity contribution in [2.24, 2.45) is 0 Å². The van der Waals surface area contributed by atoms with Crippen molar-refractivity contribution in [3.63, 3.8) is 0 Å². The van der Waals surface area contributed by atoms with Crippen LogP contribution in [0.3, 0.4) is 0 Å². The van der Waals surface area contributed by atoms with Gasteiger partial charge in [-0.1, -0.05) is 15.9 Å². The average molecular weight is 382 g/mol. The summed E-state index contributed by atoms with van der Waals surface area (Å²) in [6.45, 7) is 0.208. The Morgan fingerprint density at radius 1 is 1.43 bits per heavy atom. The monoisotopic (exact) mass is 381 g/mol. The lowest BCUT2D eigenvalue weighted by Gasteiger charge is -2.26. The van der Waals surface area contributed by atoms with Crippen molar-refractivity contribution in [2.45, 2.75) is 6.04 Å². The van der Waals surface area contributed by atoms with Gasteiger partial charge in [-0.25, -0.2) is 14.4 Å². The number of nitrogens with one attached hydrogen (secondary N) is 3. The molecule has 120 valence electrons. The van der Waals surface area contributed by atoms with Gasteiger partial charge >= 0.3 is 0 Å². The number of rotatable bonds is 4. The molecular weight excluding hydrogens is 369 g/mol. The molecule has 0 bridgehead atoms. The summed E-state index contributed by atoms with van der Waals surface area (Å²) in [6, 6.07) is 4.06. The smallest absolute Gasteiger partial charge is 0.249 e. The van der Waals surface area contributed by atoms with Crippen LogP contribution in [0.25, 0.3) is 0 Å². The van der Waals surface area contributed by atoms with E-state index >= 15 is 0 Å². The first-order valence-corrected chi connectivity index (χ1v) is 7.51. The number of methoxy groups -OCH3 is 1. The highest BCUT2D eigenvalue weighted by atomic mass is 79.9. The van der Waals surface area contributed by atoms with Gasteiger partial charge < -0.3 is 20.7 Å². The minimum atomic E-state index is -0.542. The topological polar surface area (TPSA) is 88.2 Å². The van der Waals surface area contributed by atoms with E-state index in [1.807, 2.05) is 0 Å². The summed E-state index contributed by atoms with van der Waals surface area (Å²) < 4.78 is 19.6. The number of hydrogen-bond acceptors (Lipinski definition) is 6. The largest absolute Gasteiger partial charge is 0.382 e. The number of nitrogens with zero attached hydrogens (tertiary/aromatic N) is 2. The van der Waals surface area contributed by atoms with Crippen molar-refractivity contribution >= 4 is 44.8 Å². The molecule has 3 N–H and O–H groups in total. The normalized spacial score (nSPS) is 16.3. The third kappa shape index (κ3) is 3.25. The lowest BCUT2D eigenvalue weighted by Crippen LogP contribution is -2.42. The number of hydrogen-bond donors (Lipinski definition) is 3. The van der Waals surface area contributed by atoms with Crippen LogP contribution in [0.2, 0.25) is 0 Å². The summed E-state index contributed by atoms with van der Waals surface area (Å²) in [6.07, 6.45) is 1.33. The maximum atomic E-state index is 14.0. The third-order valence-corrected chi connectivity index (χ3v) is 3.73. The maximum Gasteiger partial charge on any atom is 0.249 e. The van der Waals surface area contributed by atoms with E-state index in [-0.39, 0.29) is 18.2 Å². The van der Waals surface area contributed by atoms with E-state index in [4.69, 9.17) is 4.74 Å². The summed E-state index contributed by atoms with van der Waals surface area (Å²) in [7, 11) is 1.51. The molecule has 0 aliphatic carbocycles. The van der Waals surface area contributed by atoms with Gasteiger partial charge in [0, 0.05) is 11.6 Å². The Morgan fingerprint density at radius 3 is 3.00 bits per heavy atom. The van der Waals surface area contributed by atoms with Gasteiger partial charge in [-0.15, -0.1) is 0 Å². The molecule has 0 unspecified atom stereocenters. The van der Waals surface area contributed by atoms with Crippen molar-refractivity contribution < 1.29 is 13.9 Å². The Hall–Kier alpha value is -2.26. The van der Waals surface area contributed by atoms with Gasteiger partial charge in [0.05, 0.1) is 12.3 Å². The van der Waals surface area contributed by atoms with Crippen LogP contribution in [-0.2, 0) is 9.53 Å². The van der Waals surface area contributed by atoms with Crippen LogP contribution < -0.4 is 16.0 Å². The standard InChI is InChI=1S/C14H13BrFN5O2/c1-23-5-10-14(22)21-11-12(17-6-18-13(11)20-10)19-9-3-2-7(15)4-8(9)16/h2-4,6,10H,5H2,1H3,(H,21,22)(H2,17,18,19,20)/t10-/m1/s1. The Bertz CT molecular complexity index is 758. The molecule has 1 atom stereocenters. The van der Waals surface area contributed by atoms with Crippen LogP contribution >= 0.6 is 15.9 Å². The van der Waals surface area contributed by atoms with E-state index < -0.39 is 11.9 Å². The van der Waals surface area contributed by atoms with E-state index in [1.165, 1.54) is 19.5 Å². The molecule has 0 radical (unpaired) electrons. The zero-order valence-electron chi connectivity index (χ0n) is 12.1. The van der Waals surface area contributed by atoms with Crippen LogP contribution in [0.5, 0.6) is 0 Å². The predicted molar refractivity (Wildman–Crippen MR) is 87.3 cm³/mol. The fourth-order valence-electron chi connectivity index (χ4n) is 2.15. The first kappa shape index (κ1) is 15.6. The van der Waals surface area contributed by atoms with Crippen molar-refractivity contribution in [3.05, 3.63) is 34.8 Å². The number of benzene rings is 1. The molecule has 1 aromatic carbocycles. The number of carbonyl (C=O) groups is 1. The SMILES string of the molecule is COC[C@H]1Nc2ncnc(Nc3ccc(Br)cc3F)c2NC1=O. The van der Waals surface area contributed by atoms with Crippen LogP contribution in [0, 0.1) is 5.82 Å². The van der Waals surface area contributed by atoms with Gasteiger partial charge in [0.15, 0.2) is 11.6 Å². The van der Waals surface area contributed by atoms with E-state index in [0.29, 0.717) is 21.8 Å². The number of fused-ring (bicyclic) bond motifs is 1. The van der Waals surface area contributed by atoms with Crippen molar-refractivity contribution in [3.8, 4) is 0 Å². The second-order valence-corrected chi connectivity index (χ2v) is 5.75. The molecule has 23 heavy (non-hydrogen) atoms. The molecule has 1 aromatic heterocycles. The molecule has 2 heterocycles. The molecule has 3 rings (SSSR count). The predicted octanol–water partition coefficient (Wildman–Crippen LogP) is 2.50. The van der Waals surface area contributed by atoms with Crippen LogP contribution in [0.1, 0.15) is 0 Å². The molecule has 9 heteroatoms. The molecule has 7 nitrogen and oxygen atoms in total. The molecule has 2 aromatic rings. The van der Waals surface area contributed by atoms with Crippen molar-refractivity contribution in [1.82, 2.24) is 9.97 Å². The second kappa shape index (κ2) is 6.47. The van der Waals surface area contributed by atoms with E-state index in [9.17, 15) is 9.18 Å². The van der Waals surface area contributed by atoms with Gasteiger partial charge in [0.25, 0.3) is 0 Å². The maximum absolute atomic E-state index is 14.0. The summed E-state index contributed by atoms with van der Waals surface area (Å²) in [5.74, 6) is 0.0298. The fraction of sp³-hybridized carbons (Fsp3) is 0.214. The Balaban J connectivity index is 1.91. The highest BCUT2D eigenvalue weighted by molar-refractivity contribution is 9.10. The van der Waals surface area contributed by atoms with Crippen molar-refractivity contribution in [1.29, 1.82) is 0 Å². The third-order valence-electron chi connectivity index (χ3n) is 3.24. The minimum absolute atomic E-state index is 0.208. The van der Waals surface area contributed by atoms with Gasteiger partial charge in [0.1, 0.15) is 23.9 Å². The number of halogens is 2. The first-order chi connectivity index (χ1) is 11.1. The molecule has 0 fully saturated rings. The second-order valence-electron chi connectivity index (χ2n) is 4.84. The minimum Gasteiger partial charge on any atom is -0.382 e. The average Bonchev–Trinajstić information content (AvgIpc) is 2.52. The van der Waals surface area contributed by atoms with E-state index in [2.05, 4.69) is 41.8 Å². The van der Waals surface area contributed by atoms with E-state index in [1.54, 1.807) is 12.1 Å². The van der Waals surface area contributed by atoms with E-state index in [0.717, 1.165) is 0 Å². The molecule has 0 saturated heterocycles. The highest BCUT2D eigenvalue weighted by Gasteiger charge is 2.28. The summed E-state index contributed by atoms with van der Waals surface area (Å²) >= 11 is 3.20. The Morgan fingerprint density at radius 2 is 2.26 bits per heavy atom. The fourth-order valence-corrected chi connectivity index (χ4v) is 2.48. The number of aromatic nitrogens is 2. The van der Waals surface area contributed by atoms with Gasteiger partial charge in [0.2, 0.25) is 5.91 Å². The zero-order chi connectivity index (χ0) is 16.4.